The Bertz CT molecular complexity index is 332. The van der Waals surface area contributed by atoms with Crippen LogP contribution in [-0.4, -0.2) is 22.4 Å². The van der Waals surface area contributed by atoms with E-state index in [1.54, 1.807) is 6.08 Å². The Hall–Kier alpha value is -0.230. The van der Waals surface area contributed by atoms with Gasteiger partial charge in [-0.3, -0.25) is 0 Å². The van der Waals surface area contributed by atoms with Gasteiger partial charge in [-0.15, -0.1) is 18.0 Å². The highest BCUT2D eigenvalue weighted by atomic mass is 79.9. The minimum atomic E-state index is -0.00414. The van der Waals surface area contributed by atoms with Gasteiger partial charge < -0.3 is 4.74 Å². The smallest absolute Gasteiger partial charge is 0.0780 e. The number of allylic oxidation sites excluding steroid dienone is 3. The Morgan fingerprint density at radius 2 is 2.17 bits per heavy atom. The van der Waals surface area contributed by atoms with Crippen molar-refractivity contribution in [3.63, 3.8) is 0 Å². The Balaban J connectivity index is 2.73. The average Bonchev–Trinajstić information content (AvgIpc) is 2.43. The van der Waals surface area contributed by atoms with Crippen molar-refractivity contribution in [1.29, 1.82) is 0 Å². The van der Waals surface area contributed by atoms with Gasteiger partial charge in [0.2, 0.25) is 0 Å². The molecule has 0 aromatic carbocycles. The lowest BCUT2D eigenvalue weighted by Crippen LogP contribution is -2.33. The third-order valence-corrected chi connectivity index (χ3v) is 4.45. The summed E-state index contributed by atoms with van der Waals surface area (Å²) >= 11 is 10.1. The lowest BCUT2D eigenvalue weighted by Gasteiger charge is -2.28. The largest absolute Gasteiger partial charge is 0.372 e. The fourth-order valence-electron chi connectivity index (χ4n) is 1.98. The zero-order chi connectivity index (χ0) is 13.4. The van der Waals surface area contributed by atoms with Crippen molar-refractivity contribution in [2.45, 2.75) is 55.0 Å². The van der Waals surface area contributed by atoms with Crippen LogP contribution in [0.2, 0.25) is 0 Å². The SMILES string of the molecule is C#C/C=C\C[C@@H]1O[C@@H](CC)[C@H](Br)C/C=C\C[C@@H]1Cl. The lowest BCUT2D eigenvalue weighted by atomic mass is 10.1. The van der Waals surface area contributed by atoms with E-state index < -0.39 is 0 Å². The minimum absolute atomic E-state index is 0.00414. The molecule has 1 aliphatic rings. The van der Waals surface area contributed by atoms with Gasteiger partial charge in [0.15, 0.2) is 0 Å². The highest BCUT2D eigenvalue weighted by molar-refractivity contribution is 9.09. The molecule has 0 N–H and O–H groups in total. The fourth-order valence-corrected chi connectivity index (χ4v) is 2.96. The molecular formula is C15H20BrClO. The van der Waals surface area contributed by atoms with E-state index in [0.717, 1.165) is 25.7 Å². The maximum absolute atomic E-state index is 6.40. The third kappa shape index (κ3) is 5.18. The average molecular weight is 332 g/mol. The number of ether oxygens (including phenoxy) is 1. The molecule has 0 saturated carbocycles. The zero-order valence-electron chi connectivity index (χ0n) is 10.7. The first-order valence-electron chi connectivity index (χ1n) is 6.38. The Kier molecular flexibility index (Phi) is 7.74. The summed E-state index contributed by atoms with van der Waals surface area (Å²) in [7, 11) is 0. The molecule has 1 aliphatic heterocycles. The normalized spacial score (nSPS) is 35.4. The predicted molar refractivity (Wildman–Crippen MR) is 82.3 cm³/mol. The Morgan fingerprint density at radius 1 is 1.44 bits per heavy atom. The molecular weight excluding hydrogens is 312 g/mol. The van der Waals surface area contributed by atoms with E-state index >= 15 is 0 Å². The molecule has 0 aromatic heterocycles. The standard InChI is InChI=1S/C15H20BrClO/c1-3-5-6-11-15-13(17)10-8-7-9-12(16)14(4-2)18-15/h1,5-8,12-15H,4,9-11H2,2H3/b6-5-,8-7-/t12-,13+,14+,15+/m1/s1. The minimum Gasteiger partial charge on any atom is -0.372 e. The molecule has 0 fully saturated rings. The van der Waals surface area contributed by atoms with E-state index in [2.05, 4.69) is 40.9 Å². The van der Waals surface area contributed by atoms with Gasteiger partial charge in [0.25, 0.3) is 0 Å². The molecule has 1 rings (SSSR count). The van der Waals surface area contributed by atoms with E-state index in [4.69, 9.17) is 22.8 Å². The Labute approximate surface area is 124 Å². The van der Waals surface area contributed by atoms with Gasteiger partial charge in [0.1, 0.15) is 0 Å². The van der Waals surface area contributed by atoms with Crippen LogP contribution in [0.1, 0.15) is 32.6 Å². The maximum atomic E-state index is 6.40. The summed E-state index contributed by atoms with van der Waals surface area (Å²) in [6.07, 6.45) is 17.0. The predicted octanol–water partition coefficient (Wildman–Crippen LogP) is 4.45. The summed E-state index contributed by atoms with van der Waals surface area (Å²) in [5.74, 6) is 2.49. The van der Waals surface area contributed by atoms with Gasteiger partial charge in [-0.05, 0) is 31.8 Å². The van der Waals surface area contributed by atoms with Crippen molar-refractivity contribution in [3.8, 4) is 12.3 Å². The second kappa shape index (κ2) is 8.80. The Morgan fingerprint density at radius 3 is 2.83 bits per heavy atom. The molecule has 0 bridgehead atoms. The van der Waals surface area contributed by atoms with Crippen LogP contribution in [0.15, 0.2) is 24.3 Å². The molecule has 18 heavy (non-hydrogen) atoms. The second-order valence-electron chi connectivity index (χ2n) is 4.40. The lowest BCUT2D eigenvalue weighted by molar-refractivity contribution is -0.0123. The highest BCUT2D eigenvalue weighted by Crippen LogP contribution is 2.26. The first-order chi connectivity index (χ1) is 8.69. The van der Waals surface area contributed by atoms with Gasteiger partial charge in [-0.25, -0.2) is 0 Å². The van der Waals surface area contributed by atoms with Crippen LogP contribution in [-0.2, 0) is 4.74 Å². The van der Waals surface area contributed by atoms with Crippen molar-refractivity contribution in [3.05, 3.63) is 24.3 Å². The molecule has 0 aromatic rings. The monoisotopic (exact) mass is 330 g/mol. The van der Waals surface area contributed by atoms with Crippen molar-refractivity contribution in [2.75, 3.05) is 0 Å². The van der Waals surface area contributed by atoms with Crippen LogP contribution in [0.25, 0.3) is 0 Å². The van der Waals surface area contributed by atoms with Gasteiger partial charge in [-0.2, -0.15) is 0 Å². The first kappa shape index (κ1) is 15.8. The van der Waals surface area contributed by atoms with E-state index in [-0.39, 0.29) is 17.6 Å². The highest BCUT2D eigenvalue weighted by Gasteiger charge is 2.26. The summed E-state index contributed by atoms with van der Waals surface area (Å²) < 4.78 is 6.15. The van der Waals surface area contributed by atoms with Crippen LogP contribution >= 0.6 is 27.5 Å². The molecule has 1 nitrogen and oxygen atoms in total. The van der Waals surface area contributed by atoms with Gasteiger partial charge in [0, 0.05) is 4.83 Å². The number of hydrogen-bond acceptors (Lipinski definition) is 1. The van der Waals surface area contributed by atoms with Crippen LogP contribution in [0.4, 0.5) is 0 Å². The van der Waals surface area contributed by atoms with Crippen LogP contribution in [0, 0.1) is 12.3 Å². The summed E-state index contributed by atoms with van der Waals surface area (Å²) in [6, 6.07) is 0. The van der Waals surface area contributed by atoms with Crippen molar-refractivity contribution >= 4 is 27.5 Å². The van der Waals surface area contributed by atoms with Gasteiger partial charge in [0.05, 0.1) is 17.6 Å². The summed E-state index contributed by atoms with van der Waals surface area (Å²) in [6.45, 7) is 2.14. The van der Waals surface area contributed by atoms with Crippen molar-refractivity contribution in [2.24, 2.45) is 0 Å². The molecule has 4 atom stereocenters. The number of hydrogen-bond donors (Lipinski definition) is 0. The number of rotatable bonds is 3. The molecule has 0 spiro atoms. The van der Waals surface area contributed by atoms with Crippen molar-refractivity contribution < 1.29 is 4.74 Å². The zero-order valence-corrected chi connectivity index (χ0v) is 13.0. The second-order valence-corrected chi connectivity index (χ2v) is 6.14. The molecule has 0 saturated heterocycles. The molecule has 0 aliphatic carbocycles. The number of terminal acetylenes is 1. The summed E-state index contributed by atoms with van der Waals surface area (Å²) in [5.41, 5.74) is 0. The van der Waals surface area contributed by atoms with Crippen LogP contribution in [0.3, 0.4) is 0 Å². The quantitative estimate of drug-likeness (QED) is 0.422. The molecule has 0 radical (unpaired) electrons. The molecule has 3 heteroatoms. The number of alkyl halides is 2. The van der Waals surface area contributed by atoms with Crippen LogP contribution < -0.4 is 0 Å². The van der Waals surface area contributed by atoms with Gasteiger partial charge >= 0.3 is 0 Å². The van der Waals surface area contributed by atoms with E-state index in [9.17, 15) is 0 Å². The van der Waals surface area contributed by atoms with Crippen molar-refractivity contribution in [1.82, 2.24) is 0 Å². The van der Waals surface area contributed by atoms with E-state index in [0.29, 0.717) is 4.83 Å². The molecule has 0 unspecified atom stereocenters. The third-order valence-electron chi connectivity index (χ3n) is 3.03. The topological polar surface area (TPSA) is 9.23 Å². The summed E-state index contributed by atoms with van der Waals surface area (Å²) in [4.78, 5) is 0.347. The van der Waals surface area contributed by atoms with Crippen LogP contribution in [0.5, 0.6) is 0 Å². The van der Waals surface area contributed by atoms with Gasteiger partial charge in [-0.1, -0.05) is 47.0 Å². The summed E-state index contributed by atoms with van der Waals surface area (Å²) in [5, 5.41) is -0.00414. The molecule has 1 heterocycles. The first-order valence-corrected chi connectivity index (χ1v) is 7.74. The maximum Gasteiger partial charge on any atom is 0.0780 e. The number of halogens is 2. The van der Waals surface area contributed by atoms with E-state index in [1.165, 1.54) is 0 Å². The molecule has 100 valence electrons. The van der Waals surface area contributed by atoms with E-state index in [1.807, 2.05) is 6.08 Å². The fraction of sp³-hybridized carbons (Fsp3) is 0.600. The molecule has 0 amide bonds.